The predicted octanol–water partition coefficient (Wildman–Crippen LogP) is 3.04. The smallest absolute Gasteiger partial charge is 0.271 e. The van der Waals surface area contributed by atoms with E-state index >= 15 is 0 Å². The second-order valence-electron chi connectivity index (χ2n) is 6.79. The Morgan fingerprint density at radius 2 is 1.74 bits per heavy atom. The van der Waals surface area contributed by atoms with Crippen LogP contribution < -0.4 is 20.2 Å². The van der Waals surface area contributed by atoms with E-state index in [1.54, 1.807) is 25.1 Å². The molecule has 2 rings (SSSR count). The molecular formula is C20H29N3O4. The molecule has 0 heterocycles. The summed E-state index contributed by atoms with van der Waals surface area (Å²) < 4.78 is 10.3. The maximum Gasteiger partial charge on any atom is 0.271 e. The van der Waals surface area contributed by atoms with Crippen LogP contribution in [0.15, 0.2) is 23.3 Å². The van der Waals surface area contributed by atoms with Gasteiger partial charge in [-0.15, -0.1) is 0 Å². The normalized spacial score (nSPS) is 15.6. The van der Waals surface area contributed by atoms with Crippen LogP contribution in [-0.2, 0) is 4.79 Å². The van der Waals surface area contributed by atoms with Gasteiger partial charge < -0.3 is 14.8 Å². The molecule has 0 unspecified atom stereocenters. The summed E-state index contributed by atoms with van der Waals surface area (Å²) in [6, 6.07) is 5.12. The minimum atomic E-state index is -0.375. The monoisotopic (exact) mass is 375 g/mol. The third kappa shape index (κ3) is 6.58. The number of benzene rings is 1. The zero-order valence-electron chi connectivity index (χ0n) is 16.3. The molecule has 148 valence electrons. The number of ether oxygens (including phenoxy) is 2. The lowest BCUT2D eigenvalue weighted by molar-refractivity contribution is -0.120. The van der Waals surface area contributed by atoms with Gasteiger partial charge in [-0.1, -0.05) is 25.7 Å². The van der Waals surface area contributed by atoms with E-state index in [0.717, 1.165) is 12.8 Å². The van der Waals surface area contributed by atoms with E-state index in [4.69, 9.17) is 9.47 Å². The molecule has 1 aliphatic carbocycles. The second-order valence-corrected chi connectivity index (χ2v) is 6.79. The number of rotatable bonds is 7. The third-order valence-corrected chi connectivity index (χ3v) is 4.63. The van der Waals surface area contributed by atoms with E-state index in [9.17, 15) is 9.59 Å². The zero-order valence-corrected chi connectivity index (χ0v) is 16.3. The summed E-state index contributed by atoms with van der Waals surface area (Å²) in [5.41, 5.74) is 3.43. The topological polar surface area (TPSA) is 89.0 Å². The largest absolute Gasteiger partial charge is 0.493 e. The highest BCUT2D eigenvalue weighted by Crippen LogP contribution is 2.27. The number of nitrogens with one attached hydrogen (secondary N) is 2. The Morgan fingerprint density at radius 3 is 2.37 bits per heavy atom. The number of carbonyl (C=O) groups is 2. The molecule has 2 amide bonds. The lowest BCUT2D eigenvalue weighted by Gasteiger charge is -2.16. The van der Waals surface area contributed by atoms with Gasteiger partial charge >= 0.3 is 0 Å². The van der Waals surface area contributed by atoms with Crippen molar-refractivity contribution in [2.24, 2.45) is 5.10 Å². The van der Waals surface area contributed by atoms with Crippen molar-refractivity contribution in [1.29, 1.82) is 0 Å². The first-order chi connectivity index (χ1) is 13.0. The fourth-order valence-electron chi connectivity index (χ4n) is 3.16. The van der Waals surface area contributed by atoms with Gasteiger partial charge in [0.1, 0.15) is 0 Å². The molecule has 0 spiro atoms. The van der Waals surface area contributed by atoms with Gasteiger partial charge in [0, 0.05) is 17.3 Å². The first kappa shape index (κ1) is 20.7. The van der Waals surface area contributed by atoms with Crippen LogP contribution in [0.5, 0.6) is 11.5 Å². The molecule has 2 N–H and O–H groups in total. The first-order valence-corrected chi connectivity index (χ1v) is 9.38. The molecule has 1 aliphatic rings. The molecule has 0 radical (unpaired) electrons. The number of carbonyl (C=O) groups excluding carboxylic acids is 2. The van der Waals surface area contributed by atoms with Crippen LogP contribution in [0.2, 0.25) is 0 Å². The number of hydrazone groups is 1. The van der Waals surface area contributed by atoms with Gasteiger partial charge in [-0.25, -0.2) is 5.43 Å². The van der Waals surface area contributed by atoms with Crippen LogP contribution in [0.25, 0.3) is 0 Å². The molecule has 0 aromatic heterocycles. The Kier molecular flexibility index (Phi) is 8.10. The highest BCUT2D eigenvalue weighted by atomic mass is 16.5. The average Bonchev–Trinajstić information content (AvgIpc) is 2.93. The third-order valence-electron chi connectivity index (χ3n) is 4.63. The highest BCUT2D eigenvalue weighted by Gasteiger charge is 2.15. The number of hydrogen-bond donors (Lipinski definition) is 2. The number of methoxy groups -OCH3 is 2. The molecule has 0 bridgehead atoms. The molecule has 7 heteroatoms. The van der Waals surface area contributed by atoms with Gasteiger partial charge in [0.15, 0.2) is 11.5 Å². The molecule has 1 aromatic carbocycles. The van der Waals surface area contributed by atoms with Crippen LogP contribution in [0.3, 0.4) is 0 Å². The molecule has 0 saturated heterocycles. The average molecular weight is 375 g/mol. The summed E-state index contributed by atoms with van der Waals surface area (Å²) in [5.74, 6) is 0.584. The van der Waals surface area contributed by atoms with Crippen molar-refractivity contribution in [3.63, 3.8) is 0 Å². The van der Waals surface area contributed by atoms with Crippen LogP contribution >= 0.6 is 0 Å². The van der Waals surface area contributed by atoms with Crippen molar-refractivity contribution < 1.29 is 19.1 Å². The van der Waals surface area contributed by atoms with Crippen molar-refractivity contribution >= 4 is 17.5 Å². The van der Waals surface area contributed by atoms with Crippen molar-refractivity contribution in [3.05, 3.63) is 23.8 Å². The minimum absolute atomic E-state index is 0.0523. The molecular weight excluding hydrogens is 346 g/mol. The summed E-state index contributed by atoms with van der Waals surface area (Å²) in [6.45, 7) is 1.72. The van der Waals surface area contributed by atoms with Crippen LogP contribution in [0.4, 0.5) is 0 Å². The van der Waals surface area contributed by atoms with Crippen molar-refractivity contribution in [3.8, 4) is 11.5 Å². The molecule has 0 aliphatic heterocycles. The molecule has 1 saturated carbocycles. The van der Waals surface area contributed by atoms with E-state index in [0.29, 0.717) is 22.8 Å². The molecule has 1 fully saturated rings. The quantitative estimate of drug-likeness (QED) is 0.435. The van der Waals surface area contributed by atoms with Crippen molar-refractivity contribution in [2.75, 3.05) is 14.2 Å². The predicted molar refractivity (Wildman–Crippen MR) is 104 cm³/mol. The molecule has 1 aromatic rings. The zero-order chi connectivity index (χ0) is 19.6. The van der Waals surface area contributed by atoms with Crippen LogP contribution in [0, 0.1) is 0 Å². The van der Waals surface area contributed by atoms with Gasteiger partial charge in [0.2, 0.25) is 5.91 Å². The Balaban J connectivity index is 1.86. The van der Waals surface area contributed by atoms with Gasteiger partial charge in [-0.3, -0.25) is 9.59 Å². The van der Waals surface area contributed by atoms with E-state index < -0.39 is 0 Å². The summed E-state index contributed by atoms with van der Waals surface area (Å²) in [7, 11) is 3.04. The molecule has 27 heavy (non-hydrogen) atoms. The summed E-state index contributed by atoms with van der Waals surface area (Å²) in [6.07, 6.45) is 7.07. The van der Waals surface area contributed by atoms with Crippen molar-refractivity contribution in [2.45, 2.75) is 57.9 Å². The summed E-state index contributed by atoms with van der Waals surface area (Å²) in [5, 5.41) is 7.11. The number of amides is 2. The Hall–Kier alpha value is -2.57. The van der Waals surface area contributed by atoms with Gasteiger partial charge in [-0.05, 0) is 38.0 Å². The minimum Gasteiger partial charge on any atom is -0.493 e. The van der Waals surface area contributed by atoms with Gasteiger partial charge in [0.05, 0.1) is 20.6 Å². The fraction of sp³-hybridized carbons (Fsp3) is 0.550. The lowest BCUT2D eigenvalue weighted by atomic mass is 10.1. The van der Waals surface area contributed by atoms with Crippen LogP contribution in [0.1, 0.15) is 62.2 Å². The van der Waals surface area contributed by atoms with Gasteiger partial charge in [0.25, 0.3) is 5.91 Å². The Bertz CT molecular complexity index is 680. The summed E-state index contributed by atoms with van der Waals surface area (Å²) in [4.78, 5) is 24.4. The first-order valence-electron chi connectivity index (χ1n) is 9.38. The van der Waals surface area contributed by atoms with E-state index in [2.05, 4.69) is 15.8 Å². The summed E-state index contributed by atoms with van der Waals surface area (Å²) >= 11 is 0. The van der Waals surface area contributed by atoms with E-state index in [-0.39, 0.29) is 24.3 Å². The maximum atomic E-state index is 12.2. The lowest BCUT2D eigenvalue weighted by Crippen LogP contribution is -2.35. The second kappa shape index (κ2) is 10.5. The Labute approximate surface area is 160 Å². The van der Waals surface area contributed by atoms with Crippen molar-refractivity contribution in [1.82, 2.24) is 10.7 Å². The maximum absolute atomic E-state index is 12.2. The fourth-order valence-corrected chi connectivity index (χ4v) is 3.16. The van der Waals surface area contributed by atoms with E-state index in [1.807, 2.05) is 0 Å². The number of nitrogens with zero attached hydrogens (tertiary/aromatic N) is 1. The number of hydrogen-bond acceptors (Lipinski definition) is 5. The van der Waals surface area contributed by atoms with E-state index in [1.165, 1.54) is 39.9 Å². The highest BCUT2D eigenvalue weighted by molar-refractivity contribution is 6.01. The standard InChI is InChI=1S/C20H29N3O4/c1-14(12-19(24)21-16-8-6-4-5-7-9-16)22-23-20(25)15-10-11-17(26-2)18(13-15)27-3/h10-11,13,16H,4-9,12H2,1-3H3,(H,21,24)(H,23,25)/b22-14-. The molecule has 0 atom stereocenters. The van der Waals surface area contributed by atoms with Crippen LogP contribution in [-0.4, -0.2) is 37.8 Å². The SMILES string of the molecule is COc1ccc(C(=O)N/N=C(/C)CC(=O)NC2CCCCCC2)cc1OC. The van der Waals surface area contributed by atoms with Gasteiger partial charge in [-0.2, -0.15) is 5.10 Å². The molecule has 7 nitrogen and oxygen atoms in total. The Morgan fingerprint density at radius 1 is 1.07 bits per heavy atom.